The Morgan fingerprint density at radius 3 is 2.53 bits per heavy atom. The Balaban J connectivity index is 1.93. The summed E-state index contributed by atoms with van der Waals surface area (Å²) in [5.74, 6) is 3.02. The van der Waals surface area contributed by atoms with Crippen LogP contribution in [0.2, 0.25) is 0 Å². The van der Waals surface area contributed by atoms with Crippen LogP contribution in [0.25, 0.3) is 0 Å². The third-order valence-electron chi connectivity index (χ3n) is 4.80. The van der Waals surface area contributed by atoms with Crippen LogP contribution in [0.3, 0.4) is 0 Å². The highest BCUT2D eigenvalue weighted by atomic mass is 16.5. The van der Waals surface area contributed by atoms with Crippen molar-refractivity contribution in [3.63, 3.8) is 0 Å². The first-order valence-electron chi connectivity index (χ1n) is 9.85. The number of rotatable bonds is 8. The fourth-order valence-corrected chi connectivity index (χ4v) is 3.20. The quantitative estimate of drug-likeness (QED) is 0.395. The number of terminal acetylenes is 1. The molecule has 0 aromatic heterocycles. The molecule has 0 unspecified atom stereocenters. The summed E-state index contributed by atoms with van der Waals surface area (Å²) in [4.78, 5) is 13.3. The zero-order valence-corrected chi connectivity index (χ0v) is 17.2. The van der Waals surface area contributed by atoms with Gasteiger partial charge < -0.3 is 15.2 Å². The van der Waals surface area contributed by atoms with Gasteiger partial charge >= 0.3 is 0 Å². The fraction of sp³-hybridized carbons (Fsp3) is 0.192. The molecule has 0 fully saturated rings. The fourth-order valence-electron chi connectivity index (χ4n) is 3.20. The summed E-state index contributed by atoms with van der Waals surface area (Å²) >= 11 is 0. The molecule has 152 valence electrons. The number of benzene rings is 3. The van der Waals surface area contributed by atoms with Crippen molar-refractivity contribution in [1.82, 2.24) is 0 Å². The number of ketones is 1. The third kappa shape index (κ3) is 5.01. The van der Waals surface area contributed by atoms with Crippen molar-refractivity contribution in [2.75, 3.05) is 11.9 Å². The second-order valence-corrected chi connectivity index (χ2v) is 7.30. The maximum atomic E-state index is 13.3. The number of aromatic hydroxyl groups is 1. The SMILES string of the molecule is C#CCOc1ccc(NCc2ccccc2)c(C(=O)c2ccc(C(C)C)c(O)c2)c1. The molecular weight excluding hydrogens is 374 g/mol. The van der Waals surface area contributed by atoms with Crippen LogP contribution in [0, 0.1) is 12.3 Å². The molecule has 4 nitrogen and oxygen atoms in total. The Morgan fingerprint density at radius 2 is 1.87 bits per heavy atom. The molecule has 3 rings (SSSR count). The van der Waals surface area contributed by atoms with E-state index in [4.69, 9.17) is 11.2 Å². The summed E-state index contributed by atoms with van der Waals surface area (Å²) in [7, 11) is 0. The van der Waals surface area contributed by atoms with Gasteiger partial charge in [0, 0.05) is 23.4 Å². The van der Waals surface area contributed by atoms with Crippen LogP contribution in [0.15, 0.2) is 66.7 Å². The molecule has 2 N–H and O–H groups in total. The van der Waals surface area contributed by atoms with Gasteiger partial charge in [0.2, 0.25) is 0 Å². The standard InChI is InChI=1S/C26H25NO3/c1-4-14-30-21-11-13-24(27-17-19-8-6-5-7-9-19)23(16-21)26(29)20-10-12-22(18(2)3)25(28)15-20/h1,5-13,15-16,18,27-28H,14,17H2,2-3H3. The molecule has 4 heteroatoms. The Morgan fingerprint density at radius 1 is 1.10 bits per heavy atom. The average molecular weight is 399 g/mol. The minimum atomic E-state index is -0.206. The molecule has 0 aliphatic heterocycles. The molecule has 0 aliphatic rings. The highest BCUT2D eigenvalue weighted by Gasteiger charge is 2.17. The number of nitrogens with one attached hydrogen (secondary N) is 1. The minimum Gasteiger partial charge on any atom is -0.508 e. The van der Waals surface area contributed by atoms with E-state index in [9.17, 15) is 9.90 Å². The molecule has 3 aromatic rings. The average Bonchev–Trinajstić information content (AvgIpc) is 2.76. The zero-order chi connectivity index (χ0) is 21.5. The lowest BCUT2D eigenvalue weighted by atomic mass is 9.96. The monoisotopic (exact) mass is 399 g/mol. The molecule has 30 heavy (non-hydrogen) atoms. The first kappa shape index (κ1) is 21.0. The van der Waals surface area contributed by atoms with Gasteiger partial charge in [0.1, 0.15) is 18.1 Å². The predicted octanol–water partition coefficient (Wildman–Crippen LogP) is 5.37. The maximum absolute atomic E-state index is 13.3. The van der Waals surface area contributed by atoms with Gasteiger partial charge in [-0.3, -0.25) is 4.79 Å². The van der Waals surface area contributed by atoms with Crippen molar-refractivity contribution < 1.29 is 14.6 Å². The third-order valence-corrected chi connectivity index (χ3v) is 4.80. The van der Waals surface area contributed by atoms with E-state index >= 15 is 0 Å². The molecule has 0 amide bonds. The highest BCUT2D eigenvalue weighted by Crippen LogP contribution is 2.30. The van der Waals surface area contributed by atoms with Crippen molar-refractivity contribution in [3.05, 3.63) is 89.0 Å². The molecule has 0 radical (unpaired) electrons. The molecule has 0 saturated carbocycles. The van der Waals surface area contributed by atoms with Crippen LogP contribution in [0.5, 0.6) is 11.5 Å². The van der Waals surface area contributed by atoms with Gasteiger partial charge in [-0.1, -0.05) is 62.2 Å². The van der Waals surface area contributed by atoms with E-state index in [0.29, 0.717) is 29.1 Å². The topological polar surface area (TPSA) is 58.6 Å². The van der Waals surface area contributed by atoms with E-state index in [0.717, 1.165) is 11.1 Å². The lowest BCUT2D eigenvalue weighted by molar-refractivity contribution is 0.103. The van der Waals surface area contributed by atoms with Crippen molar-refractivity contribution in [2.24, 2.45) is 0 Å². The van der Waals surface area contributed by atoms with Crippen LogP contribution < -0.4 is 10.1 Å². The minimum absolute atomic E-state index is 0.119. The Kier molecular flexibility index (Phi) is 6.77. The summed E-state index contributed by atoms with van der Waals surface area (Å²) in [6.07, 6.45) is 5.28. The zero-order valence-electron chi connectivity index (χ0n) is 17.2. The second kappa shape index (κ2) is 9.67. The van der Waals surface area contributed by atoms with Gasteiger partial charge in [0.05, 0.1) is 0 Å². The largest absolute Gasteiger partial charge is 0.508 e. The number of carbonyl (C=O) groups excluding carboxylic acids is 1. The van der Waals surface area contributed by atoms with E-state index < -0.39 is 0 Å². The number of hydrogen-bond acceptors (Lipinski definition) is 4. The molecule has 0 spiro atoms. The molecule has 0 atom stereocenters. The van der Waals surface area contributed by atoms with Gasteiger partial charge in [-0.05, 0) is 41.3 Å². The van der Waals surface area contributed by atoms with Crippen molar-refractivity contribution in [2.45, 2.75) is 26.3 Å². The van der Waals surface area contributed by atoms with Gasteiger partial charge in [0.25, 0.3) is 0 Å². The number of anilines is 1. The molecule has 0 saturated heterocycles. The number of carbonyl (C=O) groups is 1. The normalized spacial score (nSPS) is 10.5. The lowest BCUT2D eigenvalue weighted by Crippen LogP contribution is -2.09. The van der Waals surface area contributed by atoms with E-state index in [1.807, 2.05) is 50.2 Å². The first-order valence-corrected chi connectivity index (χ1v) is 9.85. The highest BCUT2D eigenvalue weighted by molar-refractivity contribution is 6.12. The number of ether oxygens (including phenoxy) is 1. The van der Waals surface area contributed by atoms with Crippen LogP contribution >= 0.6 is 0 Å². The van der Waals surface area contributed by atoms with Crippen molar-refractivity contribution in [1.29, 1.82) is 0 Å². The number of phenolic OH excluding ortho intramolecular Hbond substituents is 1. The number of phenols is 1. The van der Waals surface area contributed by atoms with E-state index in [1.54, 1.807) is 24.3 Å². The maximum Gasteiger partial charge on any atom is 0.195 e. The van der Waals surface area contributed by atoms with Gasteiger partial charge in [-0.25, -0.2) is 0 Å². The van der Waals surface area contributed by atoms with Crippen LogP contribution in [-0.4, -0.2) is 17.5 Å². The second-order valence-electron chi connectivity index (χ2n) is 7.30. The van der Waals surface area contributed by atoms with Crippen LogP contribution in [0.4, 0.5) is 5.69 Å². The number of hydrogen-bond donors (Lipinski definition) is 2. The Labute approximate surface area is 177 Å². The summed E-state index contributed by atoms with van der Waals surface area (Å²) in [5, 5.41) is 13.7. The molecule has 0 bridgehead atoms. The molecular formula is C26H25NO3. The van der Waals surface area contributed by atoms with Crippen LogP contribution in [-0.2, 0) is 6.54 Å². The van der Waals surface area contributed by atoms with Crippen molar-refractivity contribution in [3.8, 4) is 23.8 Å². The Bertz CT molecular complexity index is 1070. The summed E-state index contributed by atoms with van der Waals surface area (Å²) in [6.45, 7) is 4.68. The smallest absolute Gasteiger partial charge is 0.195 e. The summed E-state index contributed by atoms with van der Waals surface area (Å²) in [5.41, 5.74) is 3.46. The summed E-state index contributed by atoms with van der Waals surface area (Å²) in [6, 6.07) is 20.3. The summed E-state index contributed by atoms with van der Waals surface area (Å²) < 4.78 is 5.51. The first-order chi connectivity index (χ1) is 14.5. The molecule has 0 heterocycles. The van der Waals surface area contributed by atoms with Crippen molar-refractivity contribution >= 4 is 11.5 Å². The predicted molar refractivity (Wildman–Crippen MR) is 120 cm³/mol. The van der Waals surface area contributed by atoms with Gasteiger partial charge in [0.15, 0.2) is 5.78 Å². The lowest BCUT2D eigenvalue weighted by Gasteiger charge is -2.15. The van der Waals surface area contributed by atoms with E-state index in [1.165, 1.54) is 6.07 Å². The van der Waals surface area contributed by atoms with Gasteiger partial charge in [-0.2, -0.15) is 0 Å². The van der Waals surface area contributed by atoms with Gasteiger partial charge in [-0.15, -0.1) is 6.42 Å². The Hall–Kier alpha value is -3.71. The molecule has 0 aliphatic carbocycles. The van der Waals surface area contributed by atoms with E-state index in [-0.39, 0.29) is 24.1 Å². The van der Waals surface area contributed by atoms with Crippen LogP contribution in [0.1, 0.15) is 46.8 Å². The molecule has 3 aromatic carbocycles. The van der Waals surface area contributed by atoms with E-state index in [2.05, 4.69) is 11.2 Å².